The van der Waals surface area contributed by atoms with Crippen LogP contribution in [0.3, 0.4) is 0 Å². The number of nitrogens with one attached hydrogen (secondary N) is 1. The molecule has 1 amide bonds. The number of benzene rings is 1. The van der Waals surface area contributed by atoms with E-state index < -0.39 is 0 Å². The number of nitrogens with zero attached hydrogens (tertiary/aromatic N) is 4. The van der Waals surface area contributed by atoms with Gasteiger partial charge >= 0.3 is 5.69 Å². The zero-order valence-corrected chi connectivity index (χ0v) is 13.5. The highest BCUT2D eigenvalue weighted by Crippen LogP contribution is 2.18. The quantitative estimate of drug-likeness (QED) is 0.789. The zero-order valence-electron chi connectivity index (χ0n) is 13.5. The molecule has 0 unspecified atom stereocenters. The smallest absolute Gasteiger partial charge is 0.352 e. The maximum atomic E-state index is 12.6. The fraction of sp³-hybridized carbons (Fsp3) is 0.412. The van der Waals surface area contributed by atoms with Gasteiger partial charge in [0.2, 0.25) is 5.91 Å². The first-order valence-corrected chi connectivity index (χ1v) is 8.28. The second kappa shape index (κ2) is 5.74. The average molecular weight is 325 g/mol. The van der Waals surface area contributed by atoms with Crippen LogP contribution < -0.4 is 11.0 Å². The number of amides is 1. The highest BCUT2D eigenvalue weighted by Gasteiger charge is 2.19. The van der Waals surface area contributed by atoms with Crippen molar-refractivity contribution >= 4 is 22.5 Å². The van der Waals surface area contributed by atoms with E-state index in [0.717, 1.165) is 36.6 Å². The first kappa shape index (κ1) is 14.9. The van der Waals surface area contributed by atoms with Crippen molar-refractivity contribution < 1.29 is 4.79 Å². The maximum Gasteiger partial charge on any atom is 0.352 e. The molecule has 24 heavy (non-hydrogen) atoms. The Morgan fingerprint density at radius 2 is 2.04 bits per heavy atom. The van der Waals surface area contributed by atoms with Gasteiger partial charge in [0, 0.05) is 11.4 Å². The fourth-order valence-electron chi connectivity index (χ4n) is 3.44. The monoisotopic (exact) mass is 325 g/mol. The van der Waals surface area contributed by atoms with Crippen LogP contribution in [0.4, 0.5) is 0 Å². The molecule has 3 aromatic rings. The zero-order chi connectivity index (χ0) is 16.7. The molecule has 7 nitrogen and oxygen atoms in total. The lowest BCUT2D eigenvalue weighted by atomic mass is 10.2. The molecule has 1 aliphatic rings. The molecule has 1 fully saturated rings. The molecule has 4 rings (SSSR count). The molecular formula is C17H19N5O2. The molecule has 0 spiro atoms. The van der Waals surface area contributed by atoms with Crippen LogP contribution in [-0.4, -0.2) is 31.1 Å². The van der Waals surface area contributed by atoms with E-state index in [2.05, 4.69) is 15.4 Å². The summed E-state index contributed by atoms with van der Waals surface area (Å²) in [6, 6.07) is 7.78. The third kappa shape index (κ3) is 2.46. The Kier molecular flexibility index (Phi) is 3.55. The number of rotatable bonds is 3. The SMILES string of the molecule is Cc1nc2ccccc2c2nn(CC(=O)NC3CCCC3)c(=O)n12. The van der Waals surface area contributed by atoms with E-state index in [-0.39, 0.29) is 24.2 Å². The second-order valence-corrected chi connectivity index (χ2v) is 6.32. The fourth-order valence-corrected chi connectivity index (χ4v) is 3.44. The minimum atomic E-state index is -0.331. The standard InChI is InChI=1S/C17H19N5O2/c1-11-18-14-9-5-4-8-13(14)16-20-21(17(24)22(11)16)10-15(23)19-12-6-2-3-7-12/h4-5,8-9,12H,2-3,6-7,10H2,1H3,(H,19,23). The number of aromatic nitrogens is 4. The van der Waals surface area contributed by atoms with Gasteiger partial charge in [-0.2, -0.15) is 0 Å². The van der Waals surface area contributed by atoms with Crippen LogP contribution in [0, 0.1) is 6.92 Å². The number of carbonyl (C=O) groups excluding carboxylic acids is 1. The highest BCUT2D eigenvalue weighted by atomic mass is 16.2. The van der Waals surface area contributed by atoms with Crippen LogP contribution in [-0.2, 0) is 11.3 Å². The molecule has 0 saturated heterocycles. The lowest BCUT2D eigenvalue weighted by Crippen LogP contribution is -2.37. The van der Waals surface area contributed by atoms with Crippen molar-refractivity contribution in [3.05, 3.63) is 40.6 Å². The summed E-state index contributed by atoms with van der Waals surface area (Å²) in [6.07, 6.45) is 4.32. The molecule has 2 aromatic heterocycles. The Bertz CT molecular complexity index is 982. The van der Waals surface area contributed by atoms with E-state index in [1.54, 1.807) is 6.92 Å². The molecule has 1 aliphatic carbocycles. The summed E-state index contributed by atoms with van der Waals surface area (Å²) >= 11 is 0. The summed E-state index contributed by atoms with van der Waals surface area (Å²) < 4.78 is 2.69. The van der Waals surface area contributed by atoms with Gasteiger partial charge in [0.1, 0.15) is 12.4 Å². The number of para-hydroxylation sites is 1. The van der Waals surface area contributed by atoms with Gasteiger partial charge in [0.05, 0.1) is 5.52 Å². The Morgan fingerprint density at radius 3 is 2.83 bits per heavy atom. The number of fused-ring (bicyclic) bond motifs is 3. The van der Waals surface area contributed by atoms with E-state index in [1.807, 2.05) is 24.3 Å². The molecule has 0 radical (unpaired) electrons. The topological polar surface area (TPSA) is 81.3 Å². The molecular weight excluding hydrogens is 306 g/mol. The third-order valence-electron chi connectivity index (χ3n) is 4.60. The maximum absolute atomic E-state index is 12.6. The van der Waals surface area contributed by atoms with Crippen molar-refractivity contribution in [1.29, 1.82) is 0 Å². The second-order valence-electron chi connectivity index (χ2n) is 6.32. The number of carbonyl (C=O) groups is 1. The minimum Gasteiger partial charge on any atom is -0.352 e. The molecule has 1 saturated carbocycles. The molecule has 0 bridgehead atoms. The molecule has 2 heterocycles. The average Bonchev–Trinajstić information content (AvgIpc) is 3.17. The van der Waals surface area contributed by atoms with Crippen molar-refractivity contribution in [2.75, 3.05) is 0 Å². The number of hydrogen-bond acceptors (Lipinski definition) is 4. The van der Waals surface area contributed by atoms with E-state index in [4.69, 9.17) is 0 Å². The number of hydrogen-bond donors (Lipinski definition) is 1. The van der Waals surface area contributed by atoms with Crippen LogP contribution in [0.2, 0.25) is 0 Å². The highest BCUT2D eigenvalue weighted by molar-refractivity contribution is 5.91. The summed E-state index contributed by atoms with van der Waals surface area (Å²) in [7, 11) is 0. The summed E-state index contributed by atoms with van der Waals surface area (Å²) in [4.78, 5) is 29.3. The molecule has 1 N–H and O–H groups in total. The van der Waals surface area contributed by atoms with Gasteiger partial charge in [0.25, 0.3) is 0 Å². The van der Waals surface area contributed by atoms with Crippen LogP contribution in [0.25, 0.3) is 16.6 Å². The number of aryl methyl sites for hydroxylation is 1. The predicted octanol–water partition coefficient (Wildman–Crippen LogP) is 1.41. The molecule has 124 valence electrons. The van der Waals surface area contributed by atoms with Crippen LogP contribution >= 0.6 is 0 Å². The lowest BCUT2D eigenvalue weighted by Gasteiger charge is -2.10. The predicted molar refractivity (Wildman–Crippen MR) is 89.9 cm³/mol. The molecule has 0 atom stereocenters. The van der Waals surface area contributed by atoms with E-state index >= 15 is 0 Å². The molecule has 7 heteroatoms. The van der Waals surface area contributed by atoms with Gasteiger partial charge in [-0.15, -0.1) is 5.10 Å². The van der Waals surface area contributed by atoms with Gasteiger partial charge in [-0.3, -0.25) is 4.79 Å². The summed E-state index contributed by atoms with van der Waals surface area (Å²) in [5.41, 5.74) is 0.995. The van der Waals surface area contributed by atoms with Crippen molar-refractivity contribution in [2.45, 2.75) is 45.2 Å². The summed E-state index contributed by atoms with van der Waals surface area (Å²) in [5, 5.41) is 8.17. The minimum absolute atomic E-state index is 0.0647. The van der Waals surface area contributed by atoms with Crippen molar-refractivity contribution in [3.8, 4) is 0 Å². The third-order valence-corrected chi connectivity index (χ3v) is 4.60. The summed E-state index contributed by atoms with van der Waals surface area (Å²) in [5.74, 6) is 0.401. The first-order chi connectivity index (χ1) is 11.6. The van der Waals surface area contributed by atoms with Gasteiger partial charge in [-0.25, -0.2) is 18.9 Å². The Labute approximate surface area is 138 Å². The van der Waals surface area contributed by atoms with Gasteiger partial charge in [-0.05, 0) is 31.9 Å². The van der Waals surface area contributed by atoms with Gasteiger partial charge in [0.15, 0.2) is 5.65 Å². The largest absolute Gasteiger partial charge is 0.352 e. The first-order valence-electron chi connectivity index (χ1n) is 8.28. The van der Waals surface area contributed by atoms with Gasteiger partial charge in [-0.1, -0.05) is 25.0 Å². The Hall–Kier alpha value is -2.70. The molecule has 1 aromatic carbocycles. The van der Waals surface area contributed by atoms with E-state index in [1.165, 1.54) is 9.08 Å². The summed E-state index contributed by atoms with van der Waals surface area (Å²) in [6.45, 7) is 1.70. The van der Waals surface area contributed by atoms with E-state index in [9.17, 15) is 9.59 Å². The van der Waals surface area contributed by atoms with Crippen molar-refractivity contribution in [1.82, 2.24) is 24.5 Å². The van der Waals surface area contributed by atoms with Gasteiger partial charge < -0.3 is 5.32 Å². The lowest BCUT2D eigenvalue weighted by molar-refractivity contribution is -0.122. The Balaban J connectivity index is 1.72. The molecule has 0 aliphatic heterocycles. The van der Waals surface area contributed by atoms with Crippen LogP contribution in [0.15, 0.2) is 29.1 Å². The van der Waals surface area contributed by atoms with Crippen molar-refractivity contribution in [3.63, 3.8) is 0 Å². The normalized spacial score (nSPS) is 15.4. The van der Waals surface area contributed by atoms with E-state index in [0.29, 0.717) is 11.5 Å². The van der Waals surface area contributed by atoms with Crippen LogP contribution in [0.1, 0.15) is 31.5 Å². The Morgan fingerprint density at radius 1 is 1.29 bits per heavy atom. The van der Waals surface area contributed by atoms with Crippen molar-refractivity contribution in [2.24, 2.45) is 0 Å². The van der Waals surface area contributed by atoms with Crippen LogP contribution in [0.5, 0.6) is 0 Å².